The first-order valence-corrected chi connectivity index (χ1v) is 6.07. The maximum atomic E-state index is 11.5. The summed E-state index contributed by atoms with van der Waals surface area (Å²) in [6.45, 7) is 2.65. The zero-order chi connectivity index (χ0) is 10.2. The van der Waals surface area contributed by atoms with Gasteiger partial charge in [0.2, 0.25) is 0 Å². The van der Waals surface area contributed by atoms with Gasteiger partial charge in [0.15, 0.2) is 5.03 Å². The minimum absolute atomic E-state index is 0.130. The van der Waals surface area contributed by atoms with Crippen molar-refractivity contribution >= 4 is 10.0 Å². The Bertz CT molecular complexity index is 398. The van der Waals surface area contributed by atoms with Gasteiger partial charge in [0.05, 0.1) is 6.20 Å². The van der Waals surface area contributed by atoms with Gasteiger partial charge in [0.25, 0.3) is 10.0 Å². The molecule has 5 nitrogen and oxygen atoms in total. The number of aromatic nitrogens is 2. The number of aromatic amines is 1. The minimum atomic E-state index is -3.36. The van der Waals surface area contributed by atoms with Crippen molar-refractivity contribution in [1.82, 2.24) is 14.9 Å². The van der Waals surface area contributed by atoms with E-state index >= 15 is 0 Å². The molecule has 1 heterocycles. The molecule has 1 aromatic rings. The third-order valence-electron chi connectivity index (χ3n) is 2.58. The van der Waals surface area contributed by atoms with Crippen LogP contribution in [0, 0.1) is 11.8 Å². The molecule has 0 spiro atoms. The number of rotatable bonds is 4. The first-order valence-electron chi connectivity index (χ1n) is 4.58. The Hall–Kier alpha value is -0.880. The fraction of sp³-hybridized carbons (Fsp3) is 0.625. The highest BCUT2D eigenvalue weighted by atomic mass is 32.2. The van der Waals surface area contributed by atoms with Crippen LogP contribution in [-0.4, -0.2) is 25.2 Å². The Kier molecular flexibility index (Phi) is 2.32. The molecule has 78 valence electrons. The van der Waals surface area contributed by atoms with Crippen LogP contribution < -0.4 is 4.72 Å². The molecule has 0 aromatic carbocycles. The first-order chi connectivity index (χ1) is 6.59. The van der Waals surface area contributed by atoms with Crippen molar-refractivity contribution in [2.45, 2.75) is 18.4 Å². The Balaban J connectivity index is 1.96. The second-order valence-corrected chi connectivity index (χ2v) is 5.48. The molecule has 2 rings (SSSR count). The average Bonchev–Trinajstić information content (AvgIpc) is 2.69. The Morgan fingerprint density at radius 3 is 2.93 bits per heavy atom. The fourth-order valence-corrected chi connectivity index (χ4v) is 2.37. The molecule has 1 aromatic heterocycles. The molecule has 1 aliphatic rings. The number of nitrogens with zero attached hydrogens (tertiary/aromatic N) is 1. The molecule has 0 amide bonds. The maximum absolute atomic E-state index is 11.5. The van der Waals surface area contributed by atoms with Gasteiger partial charge in [-0.25, -0.2) is 13.1 Å². The van der Waals surface area contributed by atoms with Crippen LogP contribution in [0.15, 0.2) is 17.3 Å². The highest BCUT2D eigenvalue weighted by molar-refractivity contribution is 7.89. The Morgan fingerprint density at radius 1 is 1.71 bits per heavy atom. The highest BCUT2D eigenvalue weighted by Crippen LogP contribution is 2.36. The zero-order valence-electron chi connectivity index (χ0n) is 7.90. The molecule has 2 N–H and O–H groups in total. The lowest BCUT2D eigenvalue weighted by Crippen LogP contribution is -2.26. The molecular formula is C8H13N3O2S. The molecule has 2 unspecified atom stereocenters. The van der Waals surface area contributed by atoms with E-state index in [4.69, 9.17) is 0 Å². The van der Waals surface area contributed by atoms with Gasteiger partial charge in [0, 0.05) is 6.54 Å². The zero-order valence-corrected chi connectivity index (χ0v) is 8.71. The largest absolute Gasteiger partial charge is 0.266 e. The lowest BCUT2D eigenvalue weighted by Gasteiger charge is -2.02. The second kappa shape index (κ2) is 3.36. The van der Waals surface area contributed by atoms with Gasteiger partial charge in [0.1, 0.15) is 0 Å². The van der Waals surface area contributed by atoms with Gasteiger partial charge in [-0.3, -0.25) is 5.10 Å². The maximum Gasteiger partial charge on any atom is 0.257 e. The van der Waals surface area contributed by atoms with Gasteiger partial charge in [-0.1, -0.05) is 6.92 Å². The van der Waals surface area contributed by atoms with Crippen molar-refractivity contribution in [2.24, 2.45) is 11.8 Å². The summed E-state index contributed by atoms with van der Waals surface area (Å²) in [5.41, 5.74) is 0. The van der Waals surface area contributed by atoms with E-state index in [1.807, 2.05) is 0 Å². The van der Waals surface area contributed by atoms with Gasteiger partial charge < -0.3 is 0 Å². The van der Waals surface area contributed by atoms with Crippen molar-refractivity contribution < 1.29 is 8.42 Å². The van der Waals surface area contributed by atoms with E-state index in [1.54, 1.807) is 0 Å². The van der Waals surface area contributed by atoms with Gasteiger partial charge in [-0.2, -0.15) is 5.10 Å². The summed E-state index contributed by atoms with van der Waals surface area (Å²) in [5, 5.41) is 6.16. The van der Waals surface area contributed by atoms with Crippen molar-refractivity contribution in [3.05, 3.63) is 12.3 Å². The minimum Gasteiger partial charge on any atom is -0.266 e. The smallest absolute Gasteiger partial charge is 0.257 e. The van der Waals surface area contributed by atoms with Crippen LogP contribution in [-0.2, 0) is 10.0 Å². The van der Waals surface area contributed by atoms with Gasteiger partial charge in [-0.15, -0.1) is 0 Å². The van der Waals surface area contributed by atoms with Crippen LogP contribution in [0.5, 0.6) is 0 Å². The third kappa shape index (κ3) is 1.96. The van der Waals surface area contributed by atoms with E-state index in [-0.39, 0.29) is 5.03 Å². The van der Waals surface area contributed by atoms with Gasteiger partial charge >= 0.3 is 0 Å². The second-order valence-electron chi connectivity index (χ2n) is 3.75. The summed E-state index contributed by atoms with van der Waals surface area (Å²) in [6, 6.07) is 1.44. The summed E-state index contributed by atoms with van der Waals surface area (Å²) in [7, 11) is -3.36. The molecule has 0 bridgehead atoms. The van der Waals surface area contributed by atoms with Crippen molar-refractivity contribution in [3.8, 4) is 0 Å². The molecule has 6 heteroatoms. The fourth-order valence-electron chi connectivity index (χ4n) is 1.37. The van der Waals surface area contributed by atoms with Crippen molar-refractivity contribution in [2.75, 3.05) is 6.54 Å². The van der Waals surface area contributed by atoms with Crippen LogP contribution in [0.2, 0.25) is 0 Å². The Labute approximate surface area is 83.0 Å². The number of nitrogens with one attached hydrogen (secondary N) is 2. The van der Waals surface area contributed by atoms with E-state index < -0.39 is 10.0 Å². The average molecular weight is 215 g/mol. The quantitative estimate of drug-likeness (QED) is 0.760. The van der Waals surface area contributed by atoms with E-state index in [0.717, 1.165) is 6.42 Å². The predicted octanol–water partition coefficient (Wildman–Crippen LogP) is 0.344. The molecular weight excluding hydrogens is 202 g/mol. The number of H-pyrrole nitrogens is 1. The Morgan fingerprint density at radius 2 is 2.43 bits per heavy atom. The summed E-state index contributed by atoms with van der Waals surface area (Å²) >= 11 is 0. The molecule has 1 aliphatic carbocycles. The highest BCUT2D eigenvalue weighted by Gasteiger charge is 2.33. The van der Waals surface area contributed by atoms with Crippen LogP contribution in [0.4, 0.5) is 0 Å². The number of hydrogen-bond donors (Lipinski definition) is 2. The monoisotopic (exact) mass is 215 g/mol. The van der Waals surface area contributed by atoms with Crippen molar-refractivity contribution in [3.63, 3.8) is 0 Å². The van der Waals surface area contributed by atoms with Crippen LogP contribution in [0.3, 0.4) is 0 Å². The molecule has 1 fully saturated rings. The SMILES string of the molecule is CC1CC1CNS(=O)(=O)c1ccn[nH]1. The van der Waals surface area contributed by atoms with E-state index in [2.05, 4.69) is 21.8 Å². The number of sulfonamides is 1. The molecule has 14 heavy (non-hydrogen) atoms. The summed E-state index contributed by atoms with van der Waals surface area (Å²) in [4.78, 5) is 0. The standard InChI is InChI=1S/C8H13N3O2S/c1-6-4-7(6)5-10-14(12,13)8-2-3-9-11-8/h2-3,6-7,10H,4-5H2,1H3,(H,9,11). The first kappa shape index (κ1) is 9.67. The summed E-state index contributed by atoms with van der Waals surface area (Å²) in [5.74, 6) is 1.16. The van der Waals surface area contributed by atoms with E-state index in [0.29, 0.717) is 18.4 Å². The topological polar surface area (TPSA) is 74.8 Å². The van der Waals surface area contributed by atoms with Crippen molar-refractivity contribution in [1.29, 1.82) is 0 Å². The van der Waals surface area contributed by atoms with Crippen LogP contribution in [0.1, 0.15) is 13.3 Å². The predicted molar refractivity (Wildman–Crippen MR) is 51.0 cm³/mol. The van der Waals surface area contributed by atoms with Crippen LogP contribution in [0.25, 0.3) is 0 Å². The lowest BCUT2D eigenvalue weighted by molar-refractivity contribution is 0.570. The summed E-state index contributed by atoms with van der Waals surface area (Å²) in [6.07, 6.45) is 2.54. The van der Waals surface area contributed by atoms with E-state index in [1.165, 1.54) is 12.3 Å². The number of hydrogen-bond acceptors (Lipinski definition) is 3. The molecule has 0 saturated heterocycles. The summed E-state index contributed by atoms with van der Waals surface area (Å²) < 4.78 is 25.7. The normalized spacial score (nSPS) is 26.4. The third-order valence-corrected chi connectivity index (χ3v) is 3.93. The molecule has 0 radical (unpaired) electrons. The van der Waals surface area contributed by atoms with Crippen LogP contribution >= 0.6 is 0 Å². The molecule has 1 saturated carbocycles. The van der Waals surface area contributed by atoms with Gasteiger partial charge in [-0.05, 0) is 24.3 Å². The molecule has 0 aliphatic heterocycles. The molecule has 2 atom stereocenters. The van der Waals surface area contributed by atoms with E-state index in [9.17, 15) is 8.42 Å². The lowest BCUT2D eigenvalue weighted by atomic mass is 10.3.